The van der Waals surface area contributed by atoms with Gasteiger partial charge < -0.3 is 10.5 Å². The summed E-state index contributed by atoms with van der Waals surface area (Å²) in [5, 5.41) is 0. The largest absolute Gasteiger partial charge is 0.497 e. The van der Waals surface area contributed by atoms with Gasteiger partial charge in [0.25, 0.3) is 0 Å². The van der Waals surface area contributed by atoms with Gasteiger partial charge >= 0.3 is 6.18 Å². The second-order valence-electron chi connectivity index (χ2n) is 3.53. The molecule has 1 aromatic carbocycles. The molecule has 90 valence electrons. The van der Waals surface area contributed by atoms with E-state index in [9.17, 15) is 13.2 Å². The lowest BCUT2D eigenvalue weighted by atomic mass is 9.95. The van der Waals surface area contributed by atoms with Crippen molar-refractivity contribution in [1.82, 2.24) is 0 Å². The molecule has 0 radical (unpaired) electrons. The maximum atomic E-state index is 12.2. The van der Waals surface area contributed by atoms with Gasteiger partial charge in [0.15, 0.2) is 0 Å². The fourth-order valence-corrected chi connectivity index (χ4v) is 1.49. The Hall–Kier alpha value is -1.23. The van der Waals surface area contributed by atoms with E-state index in [1.165, 1.54) is 7.11 Å². The van der Waals surface area contributed by atoms with E-state index in [0.29, 0.717) is 11.3 Å². The fraction of sp³-hybridized carbons (Fsp3) is 0.455. The first kappa shape index (κ1) is 12.8. The molecule has 0 fully saturated rings. The highest BCUT2D eigenvalue weighted by atomic mass is 19.4. The number of hydrogen-bond donors (Lipinski definition) is 1. The first-order valence-corrected chi connectivity index (χ1v) is 4.87. The lowest BCUT2D eigenvalue weighted by molar-refractivity contribution is -0.138. The minimum Gasteiger partial charge on any atom is -0.497 e. The third-order valence-electron chi connectivity index (χ3n) is 2.35. The van der Waals surface area contributed by atoms with Crippen molar-refractivity contribution in [3.8, 4) is 5.75 Å². The Morgan fingerprint density at radius 3 is 2.19 bits per heavy atom. The van der Waals surface area contributed by atoms with Gasteiger partial charge in [-0.05, 0) is 24.2 Å². The van der Waals surface area contributed by atoms with Crippen molar-refractivity contribution in [3.05, 3.63) is 29.8 Å². The molecule has 2 nitrogen and oxygen atoms in total. The van der Waals surface area contributed by atoms with Crippen molar-refractivity contribution >= 4 is 0 Å². The first-order valence-electron chi connectivity index (χ1n) is 4.87. The van der Waals surface area contributed by atoms with Gasteiger partial charge in [0.2, 0.25) is 0 Å². The van der Waals surface area contributed by atoms with Crippen LogP contribution in [0.15, 0.2) is 24.3 Å². The molecule has 0 saturated heterocycles. The molecule has 0 aromatic heterocycles. The number of rotatable bonds is 4. The lowest BCUT2D eigenvalue weighted by Crippen LogP contribution is -2.20. The molecular weight excluding hydrogens is 219 g/mol. The van der Waals surface area contributed by atoms with Crippen molar-refractivity contribution in [2.75, 3.05) is 13.7 Å². The topological polar surface area (TPSA) is 35.2 Å². The maximum absolute atomic E-state index is 12.2. The zero-order valence-electron chi connectivity index (χ0n) is 8.92. The Bertz CT molecular complexity index is 321. The monoisotopic (exact) mass is 233 g/mol. The van der Waals surface area contributed by atoms with Crippen LogP contribution in [-0.2, 0) is 0 Å². The van der Waals surface area contributed by atoms with Crippen molar-refractivity contribution in [3.63, 3.8) is 0 Å². The van der Waals surface area contributed by atoms with Crippen LogP contribution in [0.5, 0.6) is 5.75 Å². The van der Waals surface area contributed by atoms with Gasteiger partial charge in [0.1, 0.15) is 5.75 Å². The molecule has 2 N–H and O–H groups in total. The summed E-state index contributed by atoms with van der Waals surface area (Å²) in [5.74, 6) is -0.0718. The molecule has 0 aliphatic rings. The third kappa shape index (κ3) is 3.73. The van der Waals surface area contributed by atoms with Gasteiger partial charge in [-0.15, -0.1) is 0 Å². The average Bonchev–Trinajstić information content (AvgIpc) is 2.25. The van der Waals surface area contributed by atoms with E-state index in [1.54, 1.807) is 24.3 Å². The molecule has 16 heavy (non-hydrogen) atoms. The Kier molecular flexibility index (Phi) is 4.18. The summed E-state index contributed by atoms with van der Waals surface area (Å²) >= 11 is 0. The van der Waals surface area contributed by atoms with Gasteiger partial charge in [-0.25, -0.2) is 0 Å². The number of nitrogens with two attached hydrogens (primary N) is 1. The summed E-state index contributed by atoms with van der Waals surface area (Å²) in [4.78, 5) is 0. The van der Waals surface area contributed by atoms with Crippen molar-refractivity contribution in [1.29, 1.82) is 0 Å². The van der Waals surface area contributed by atoms with Gasteiger partial charge in [0, 0.05) is 5.92 Å². The predicted octanol–water partition coefficient (Wildman–Crippen LogP) is 2.69. The van der Waals surface area contributed by atoms with E-state index in [2.05, 4.69) is 0 Å². The highest BCUT2D eigenvalue weighted by Gasteiger charge is 2.31. The van der Waals surface area contributed by atoms with Crippen LogP contribution in [0.4, 0.5) is 13.2 Å². The molecule has 1 rings (SSSR count). The normalized spacial score (nSPS) is 13.6. The lowest BCUT2D eigenvalue weighted by Gasteiger charge is -2.17. The van der Waals surface area contributed by atoms with E-state index >= 15 is 0 Å². The quantitative estimate of drug-likeness (QED) is 0.867. The van der Waals surface area contributed by atoms with Crippen molar-refractivity contribution in [2.45, 2.75) is 18.5 Å². The van der Waals surface area contributed by atoms with E-state index in [0.717, 1.165) is 0 Å². The summed E-state index contributed by atoms with van der Waals surface area (Å²) in [7, 11) is 1.51. The van der Waals surface area contributed by atoms with Gasteiger partial charge in [-0.3, -0.25) is 0 Å². The Labute approximate surface area is 92.2 Å². The predicted molar refractivity (Wildman–Crippen MR) is 55.5 cm³/mol. The maximum Gasteiger partial charge on any atom is 0.389 e. The van der Waals surface area contributed by atoms with E-state index in [1.807, 2.05) is 0 Å². The molecule has 0 aliphatic heterocycles. The second-order valence-corrected chi connectivity index (χ2v) is 3.53. The molecule has 1 aromatic rings. The number of benzene rings is 1. The number of hydrogen-bond acceptors (Lipinski definition) is 2. The molecule has 1 unspecified atom stereocenters. The highest BCUT2D eigenvalue weighted by molar-refractivity contribution is 5.29. The second kappa shape index (κ2) is 5.21. The van der Waals surface area contributed by atoms with E-state index in [-0.39, 0.29) is 6.54 Å². The SMILES string of the molecule is COc1ccc(C(CN)CC(F)(F)F)cc1. The van der Waals surface area contributed by atoms with Gasteiger partial charge in [-0.2, -0.15) is 13.2 Å². The Morgan fingerprint density at radius 2 is 1.81 bits per heavy atom. The van der Waals surface area contributed by atoms with E-state index in [4.69, 9.17) is 10.5 Å². The Morgan fingerprint density at radius 1 is 1.25 bits per heavy atom. The zero-order valence-corrected chi connectivity index (χ0v) is 8.92. The van der Waals surface area contributed by atoms with Gasteiger partial charge in [-0.1, -0.05) is 12.1 Å². The van der Waals surface area contributed by atoms with Crippen LogP contribution in [0.1, 0.15) is 17.9 Å². The zero-order chi connectivity index (χ0) is 12.2. The molecule has 0 aliphatic carbocycles. The number of ether oxygens (including phenoxy) is 1. The summed E-state index contributed by atoms with van der Waals surface area (Å²) in [6.45, 7) is -0.0220. The molecule has 0 bridgehead atoms. The van der Waals surface area contributed by atoms with Crippen LogP contribution in [0.25, 0.3) is 0 Å². The molecule has 0 amide bonds. The summed E-state index contributed by atoms with van der Waals surface area (Å²) < 4.78 is 41.7. The van der Waals surface area contributed by atoms with Crippen LogP contribution in [0, 0.1) is 0 Å². The highest BCUT2D eigenvalue weighted by Crippen LogP contribution is 2.31. The molecular formula is C11H14F3NO. The van der Waals surface area contributed by atoms with Crippen LogP contribution in [0.2, 0.25) is 0 Å². The third-order valence-corrected chi connectivity index (χ3v) is 2.35. The fourth-order valence-electron chi connectivity index (χ4n) is 1.49. The van der Waals surface area contributed by atoms with Crippen molar-refractivity contribution < 1.29 is 17.9 Å². The first-order chi connectivity index (χ1) is 7.46. The number of alkyl halides is 3. The van der Waals surface area contributed by atoms with Crippen LogP contribution in [0.3, 0.4) is 0 Å². The molecule has 5 heteroatoms. The molecule has 1 atom stereocenters. The van der Waals surface area contributed by atoms with Crippen molar-refractivity contribution in [2.24, 2.45) is 5.73 Å². The number of methoxy groups -OCH3 is 1. The van der Waals surface area contributed by atoms with Crippen LogP contribution < -0.4 is 10.5 Å². The van der Waals surface area contributed by atoms with Crippen LogP contribution >= 0.6 is 0 Å². The average molecular weight is 233 g/mol. The number of halogens is 3. The summed E-state index contributed by atoms with van der Waals surface area (Å²) in [6.07, 6.45) is -5.08. The molecule has 0 spiro atoms. The van der Waals surface area contributed by atoms with Crippen LogP contribution in [-0.4, -0.2) is 19.8 Å². The van der Waals surface area contributed by atoms with E-state index < -0.39 is 18.5 Å². The minimum atomic E-state index is -4.19. The molecule has 0 saturated carbocycles. The smallest absolute Gasteiger partial charge is 0.389 e. The minimum absolute atomic E-state index is 0.0220. The standard InChI is InChI=1S/C11H14F3NO/c1-16-10-4-2-8(3-5-10)9(7-15)6-11(12,13)14/h2-5,9H,6-7,15H2,1H3. The summed E-state index contributed by atoms with van der Waals surface area (Å²) in [6, 6.07) is 6.49. The Balaban J connectivity index is 2.79. The summed E-state index contributed by atoms with van der Waals surface area (Å²) in [5.41, 5.74) is 5.94. The van der Waals surface area contributed by atoms with Gasteiger partial charge in [0.05, 0.1) is 13.5 Å². The molecule has 0 heterocycles.